The summed E-state index contributed by atoms with van der Waals surface area (Å²) in [5, 5.41) is 0. The number of methoxy groups -OCH3 is 1. The molecule has 0 saturated carbocycles. The van der Waals surface area contributed by atoms with Gasteiger partial charge in [0.05, 0.1) is 7.11 Å². The second kappa shape index (κ2) is 5.71. The van der Waals surface area contributed by atoms with E-state index in [0.29, 0.717) is 0 Å². The van der Waals surface area contributed by atoms with Crippen LogP contribution in [-0.4, -0.2) is 18.7 Å². The molecule has 0 aromatic heterocycles. The molecule has 0 bridgehead atoms. The van der Waals surface area contributed by atoms with Crippen molar-refractivity contribution in [1.29, 1.82) is 0 Å². The zero-order valence-corrected chi connectivity index (χ0v) is 11.6. The van der Waals surface area contributed by atoms with Crippen LogP contribution in [0.4, 0.5) is 0 Å². The van der Waals surface area contributed by atoms with E-state index in [1.165, 1.54) is 6.08 Å². The second-order valence-corrected chi connectivity index (χ2v) is 5.06. The lowest BCUT2D eigenvalue weighted by molar-refractivity contribution is -0.148. The average Bonchev–Trinajstić information content (AvgIpc) is 2.24. The Hall–Kier alpha value is -1.77. The van der Waals surface area contributed by atoms with Crippen LogP contribution in [-0.2, 0) is 9.53 Å². The van der Waals surface area contributed by atoms with Crippen molar-refractivity contribution in [2.24, 2.45) is 0 Å². The Balaban J connectivity index is 2.88. The number of carbonyl (C=O) groups excluding carboxylic acids is 1. The molecule has 3 heteroatoms. The van der Waals surface area contributed by atoms with Gasteiger partial charge in [0, 0.05) is 11.6 Å². The highest BCUT2D eigenvalue weighted by Crippen LogP contribution is 2.23. The minimum Gasteiger partial charge on any atom is -0.496 e. The fraction of sp³-hybridized carbons (Fsp3) is 0.400. The maximum absolute atomic E-state index is 11.6. The Morgan fingerprint density at radius 2 is 1.94 bits per heavy atom. The maximum atomic E-state index is 11.6. The minimum atomic E-state index is -0.475. The molecule has 1 aromatic rings. The number of esters is 1. The highest BCUT2D eigenvalue weighted by atomic mass is 16.6. The van der Waals surface area contributed by atoms with Crippen LogP contribution >= 0.6 is 0 Å². The van der Waals surface area contributed by atoms with Gasteiger partial charge in [0.15, 0.2) is 0 Å². The van der Waals surface area contributed by atoms with E-state index in [2.05, 4.69) is 0 Å². The Morgan fingerprint density at radius 3 is 2.50 bits per heavy atom. The predicted molar refractivity (Wildman–Crippen MR) is 72.6 cm³/mol. The normalized spacial score (nSPS) is 11.6. The summed E-state index contributed by atoms with van der Waals surface area (Å²) in [6.45, 7) is 7.49. The van der Waals surface area contributed by atoms with Crippen LogP contribution in [0, 0.1) is 6.92 Å². The average molecular weight is 248 g/mol. The van der Waals surface area contributed by atoms with Crippen molar-refractivity contribution in [1.82, 2.24) is 0 Å². The number of aryl methyl sites for hydroxylation is 1. The van der Waals surface area contributed by atoms with Crippen LogP contribution in [0.3, 0.4) is 0 Å². The van der Waals surface area contributed by atoms with E-state index in [4.69, 9.17) is 9.47 Å². The Labute approximate surface area is 108 Å². The molecular formula is C15H20O3. The third kappa shape index (κ3) is 4.24. The number of hydrogen-bond acceptors (Lipinski definition) is 3. The van der Waals surface area contributed by atoms with Gasteiger partial charge in [-0.25, -0.2) is 4.79 Å². The van der Waals surface area contributed by atoms with Crippen molar-refractivity contribution in [3.05, 3.63) is 35.4 Å². The third-order valence-corrected chi connectivity index (χ3v) is 2.30. The van der Waals surface area contributed by atoms with Gasteiger partial charge in [0.2, 0.25) is 0 Å². The lowest BCUT2D eigenvalue weighted by atomic mass is 10.1. The minimum absolute atomic E-state index is 0.354. The second-order valence-electron chi connectivity index (χ2n) is 5.06. The lowest BCUT2D eigenvalue weighted by Gasteiger charge is -2.18. The van der Waals surface area contributed by atoms with E-state index >= 15 is 0 Å². The predicted octanol–water partition coefficient (Wildman–Crippen LogP) is 3.36. The maximum Gasteiger partial charge on any atom is 0.331 e. The zero-order chi connectivity index (χ0) is 13.8. The number of hydrogen-bond donors (Lipinski definition) is 0. The molecule has 0 N–H and O–H groups in total. The first-order valence-corrected chi connectivity index (χ1v) is 5.88. The summed E-state index contributed by atoms with van der Waals surface area (Å²) in [7, 11) is 1.61. The third-order valence-electron chi connectivity index (χ3n) is 2.30. The molecule has 0 radical (unpaired) electrons. The number of benzene rings is 1. The van der Waals surface area contributed by atoms with Crippen LogP contribution in [0.25, 0.3) is 6.08 Å². The molecule has 1 aromatic carbocycles. The van der Waals surface area contributed by atoms with E-state index < -0.39 is 5.60 Å². The van der Waals surface area contributed by atoms with E-state index in [-0.39, 0.29) is 5.97 Å². The molecule has 0 aliphatic carbocycles. The summed E-state index contributed by atoms with van der Waals surface area (Å²) in [5.74, 6) is 0.391. The zero-order valence-electron chi connectivity index (χ0n) is 11.6. The fourth-order valence-electron chi connectivity index (χ4n) is 1.53. The molecule has 0 saturated heterocycles. The summed E-state index contributed by atoms with van der Waals surface area (Å²) in [6.07, 6.45) is 3.15. The van der Waals surface area contributed by atoms with Crippen LogP contribution in [0.5, 0.6) is 5.75 Å². The first-order chi connectivity index (χ1) is 8.33. The molecule has 0 aliphatic rings. The summed E-state index contributed by atoms with van der Waals surface area (Å²) >= 11 is 0. The van der Waals surface area contributed by atoms with Crippen molar-refractivity contribution in [3.8, 4) is 5.75 Å². The Bertz CT molecular complexity index is 453. The highest BCUT2D eigenvalue weighted by Gasteiger charge is 2.14. The van der Waals surface area contributed by atoms with Gasteiger partial charge in [-0.15, -0.1) is 0 Å². The molecule has 18 heavy (non-hydrogen) atoms. The monoisotopic (exact) mass is 248 g/mol. The topological polar surface area (TPSA) is 35.5 Å². The largest absolute Gasteiger partial charge is 0.496 e. The molecule has 0 unspecified atom stereocenters. The molecule has 98 valence electrons. The van der Waals surface area contributed by atoms with Crippen molar-refractivity contribution in [2.75, 3.05) is 7.11 Å². The molecule has 3 nitrogen and oxygen atoms in total. The van der Waals surface area contributed by atoms with Gasteiger partial charge in [-0.05, 0) is 45.4 Å². The van der Waals surface area contributed by atoms with Crippen LogP contribution in [0.15, 0.2) is 24.3 Å². The summed E-state index contributed by atoms with van der Waals surface area (Å²) in [5.41, 5.74) is 1.47. The number of carbonyl (C=O) groups is 1. The van der Waals surface area contributed by atoms with E-state index in [0.717, 1.165) is 16.9 Å². The van der Waals surface area contributed by atoms with Gasteiger partial charge in [-0.2, -0.15) is 0 Å². The van der Waals surface area contributed by atoms with Crippen molar-refractivity contribution in [2.45, 2.75) is 33.3 Å². The van der Waals surface area contributed by atoms with Gasteiger partial charge in [-0.1, -0.05) is 12.1 Å². The summed E-state index contributed by atoms with van der Waals surface area (Å²) < 4.78 is 10.5. The molecule has 0 amide bonds. The van der Waals surface area contributed by atoms with Crippen molar-refractivity contribution in [3.63, 3.8) is 0 Å². The Morgan fingerprint density at radius 1 is 1.28 bits per heavy atom. The van der Waals surface area contributed by atoms with Crippen molar-refractivity contribution >= 4 is 12.0 Å². The van der Waals surface area contributed by atoms with Gasteiger partial charge in [-0.3, -0.25) is 0 Å². The molecule has 0 atom stereocenters. The molecule has 0 heterocycles. The molecular weight excluding hydrogens is 228 g/mol. The van der Waals surface area contributed by atoms with E-state index in [9.17, 15) is 4.79 Å². The van der Waals surface area contributed by atoms with Crippen molar-refractivity contribution < 1.29 is 14.3 Å². The lowest BCUT2D eigenvalue weighted by Crippen LogP contribution is -2.22. The van der Waals surface area contributed by atoms with Gasteiger partial charge >= 0.3 is 5.97 Å². The van der Waals surface area contributed by atoms with Crippen LogP contribution in [0.2, 0.25) is 0 Å². The van der Waals surface area contributed by atoms with Crippen LogP contribution < -0.4 is 4.74 Å². The Kier molecular flexibility index (Phi) is 4.54. The van der Waals surface area contributed by atoms with Gasteiger partial charge in [0.1, 0.15) is 11.4 Å². The number of rotatable bonds is 3. The highest BCUT2D eigenvalue weighted by molar-refractivity contribution is 5.88. The fourth-order valence-corrected chi connectivity index (χ4v) is 1.53. The molecule has 0 fully saturated rings. The standard InChI is InChI=1S/C15H20O3/c1-11-7-6-8-13(17-5)12(11)9-10-14(16)18-15(2,3)4/h6-10H,1-5H3/b10-9+. The van der Waals surface area contributed by atoms with Gasteiger partial charge < -0.3 is 9.47 Å². The smallest absolute Gasteiger partial charge is 0.331 e. The van der Waals surface area contributed by atoms with E-state index in [1.807, 2.05) is 45.9 Å². The summed E-state index contributed by atoms with van der Waals surface area (Å²) in [4.78, 5) is 11.6. The molecule has 1 rings (SSSR count). The quantitative estimate of drug-likeness (QED) is 0.608. The first kappa shape index (κ1) is 14.3. The molecule has 0 spiro atoms. The van der Waals surface area contributed by atoms with E-state index in [1.54, 1.807) is 13.2 Å². The summed E-state index contributed by atoms with van der Waals surface area (Å²) in [6, 6.07) is 5.75. The SMILES string of the molecule is COc1cccc(C)c1/C=C/C(=O)OC(C)(C)C. The van der Waals surface area contributed by atoms with Crippen LogP contribution in [0.1, 0.15) is 31.9 Å². The van der Waals surface area contributed by atoms with Gasteiger partial charge in [0.25, 0.3) is 0 Å². The first-order valence-electron chi connectivity index (χ1n) is 5.88. The number of ether oxygens (including phenoxy) is 2. The molecule has 0 aliphatic heterocycles.